The van der Waals surface area contributed by atoms with Gasteiger partial charge in [-0.1, -0.05) is 23.2 Å². The second kappa shape index (κ2) is 11.0. The molecule has 5 nitrogen and oxygen atoms in total. The number of likely N-dealkylation sites (tertiary alicyclic amines) is 1. The summed E-state index contributed by atoms with van der Waals surface area (Å²) in [4.78, 5) is 14.3. The van der Waals surface area contributed by atoms with Crippen molar-refractivity contribution >= 4 is 29.2 Å². The Kier molecular flexibility index (Phi) is 8.26. The van der Waals surface area contributed by atoms with Gasteiger partial charge in [-0.3, -0.25) is 4.90 Å². The fourth-order valence-electron chi connectivity index (χ4n) is 4.98. The molecular weight excluding hydrogens is 492 g/mol. The van der Waals surface area contributed by atoms with Crippen molar-refractivity contribution in [2.75, 3.05) is 40.5 Å². The maximum absolute atomic E-state index is 14.6. The van der Waals surface area contributed by atoms with E-state index in [4.69, 9.17) is 37.4 Å². The van der Waals surface area contributed by atoms with E-state index in [9.17, 15) is 9.18 Å². The van der Waals surface area contributed by atoms with Crippen LogP contribution in [0, 0.1) is 11.7 Å². The third-order valence-corrected chi connectivity index (χ3v) is 7.66. The number of rotatable bonds is 9. The molecule has 35 heavy (non-hydrogen) atoms. The molecule has 1 saturated heterocycles. The Hall–Kier alpha value is -1.86. The normalized spacial score (nSPS) is 18.8. The van der Waals surface area contributed by atoms with Crippen molar-refractivity contribution in [2.45, 2.75) is 44.1 Å². The first-order chi connectivity index (χ1) is 16.7. The molecule has 0 N–H and O–H groups in total. The number of hydrogen-bond donors (Lipinski definition) is 0. The molecule has 1 saturated carbocycles. The number of ether oxygens (including phenoxy) is 3. The molecule has 0 radical (unpaired) electrons. The summed E-state index contributed by atoms with van der Waals surface area (Å²) in [5.41, 5.74) is 1.53. The summed E-state index contributed by atoms with van der Waals surface area (Å²) in [6, 6.07) is 8.58. The Balaban J connectivity index is 1.42. The van der Waals surface area contributed by atoms with Crippen LogP contribution in [0.1, 0.15) is 60.0 Å². The van der Waals surface area contributed by atoms with Crippen molar-refractivity contribution in [2.24, 2.45) is 5.92 Å². The van der Waals surface area contributed by atoms with Crippen molar-refractivity contribution in [3.63, 3.8) is 0 Å². The molecule has 2 fully saturated rings. The lowest BCUT2D eigenvalue weighted by Crippen LogP contribution is -2.51. The lowest BCUT2D eigenvalue weighted by Gasteiger charge is -2.45. The summed E-state index contributed by atoms with van der Waals surface area (Å²) < 4.78 is 31.0. The summed E-state index contributed by atoms with van der Waals surface area (Å²) in [6.45, 7) is 4.91. The van der Waals surface area contributed by atoms with Gasteiger partial charge in [-0.25, -0.2) is 9.18 Å². The summed E-state index contributed by atoms with van der Waals surface area (Å²) in [5, 5.41) is 1.21. The molecule has 8 heteroatoms. The summed E-state index contributed by atoms with van der Waals surface area (Å²) >= 11 is 12.6. The van der Waals surface area contributed by atoms with Gasteiger partial charge in [-0.15, -0.1) is 0 Å². The van der Waals surface area contributed by atoms with Gasteiger partial charge in [0.2, 0.25) is 0 Å². The highest BCUT2D eigenvalue weighted by atomic mass is 35.5. The Labute approximate surface area is 216 Å². The lowest BCUT2D eigenvalue weighted by atomic mass is 9.86. The molecule has 1 heterocycles. The smallest absolute Gasteiger partial charge is 0.340 e. The van der Waals surface area contributed by atoms with E-state index in [0.717, 1.165) is 49.9 Å². The van der Waals surface area contributed by atoms with E-state index in [-0.39, 0.29) is 11.1 Å². The highest BCUT2D eigenvalue weighted by Crippen LogP contribution is 2.45. The van der Waals surface area contributed by atoms with E-state index in [1.165, 1.54) is 13.2 Å². The summed E-state index contributed by atoms with van der Waals surface area (Å²) in [7, 11) is 2.96. The van der Waals surface area contributed by atoms with Gasteiger partial charge in [0.1, 0.15) is 11.6 Å². The number of piperidine rings is 1. The molecule has 1 aliphatic heterocycles. The van der Waals surface area contributed by atoms with Crippen molar-refractivity contribution < 1.29 is 23.4 Å². The fraction of sp³-hybridized carbons (Fsp3) is 0.519. The molecule has 0 bridgehead atoms. The first-order valence-electron chi connectivity index (χ1n) is 12.0. The second-order valence-corrected chi connectivity index (χ2v) is 10.6. The second-order valence-electron chi connectivity index (χ2n) is 9.74. The standard InChI is InChI=1S/C27H32Cl2FNO4/c1-27(16-33-2,19-10-20(28)12-21(29)11-19)31-8-6-17(7-9-31)15-35-25-14-24(30)23(26(32)34-3)13-22(25)18-4-5-18/h10-14,17-18H,4-9,15-16H2,1-3H3/t27-/m0/s1. The van der Waals surface area contributed by atoms with Crippen LogP contribution >= 0.6 is 23.2 Å². The Morgan fingerprint density at radius 3 is 2.29 bits per heavy atom. The van der Waals surface area contributed by atoms with Gasteiger partial charge in [0.25, 0.3) is 0 Å². The summed E-state index contributed by atoms with van der Waals surface area (Å²) in [6.07, 6.45) is 3.92. The molecule has 0 spiro atoms. The number of benzene rings is 2. The minimum atomic E-state index is -0.663. The first-order valence-corrected chi connectivity index (χ1v) is 12.8. The lowest BCUT2D eigenvalue weighted by molar-refractivity contribution is -0.00666. The van der Waals surface area contributed by atoms with Gasteiger partial charge >= 0.3 is 5.97 Å². The maximum Gasteiger partial charge on any atom is 0.340 e. The average molecular weight is 524 g/mol. The number of carbonyl (C=O) groups excluding carboxylic acids is 1. The van der Waals surface area contributed by atoms with E-state index in [2.05, 4.69) is 11.8 Å². The largest absolute Gasteiger partial charge is 0.493 e. The van der Waals surface area contributed by atoms with Gasteiger partial charge in [-0.2, -0.15) is 0 Å². The highest BCUT2D eigenvalue weighted by Gasteiger charge is 2.37. The Morgan fingerprint density at radius 2 is 1.71 bits per heavy atom. The van der Waals surface area contributed by atoms with Gasteiger partial charge in [0.05, 0.1) is 31.4 Å². The monoisotopic (exact) mass is 523 g/mol. The van der Waals surface area contributed by atoms with Gasteiger partial charge in [-0.05, 0) is 92.9 Å². The molecule has 2 aliphatic rings. The average Bonchev–Trinajstić information content (AvgIpc) is 3.67. The number of methoxy groups -OCH3 is 2. The fourth-order valence-corrected chi connectivity index (χ4v) is 5.51. The van der Waals surface area contributed by atoms with E-state index < -0.39 is 11.8 Å². The zero-order chi connectivity index (χ0) is 25.2. The van der Waals surface area contributed by atoms with E-state index >= 15 is 0 Å². The molecule has 0 unspecified atom stereocenters. The molecule has 0 amide bonds. The first kappa shape index (κ1) is 26.2. The Bertz CT molecular complexity index is 1050. The van der Waals surface area contributed by atoms with Crippen LogP contribution in [-0.2, 0) is 15.0 Å². The maximum atomic E-state index is 14.6. The number of carbonyl (C=O) groups is 1. The topological polar surface area (TPSA) is 48.0 Å². The third kappa shape index (κ3) is 5.93. The molecule has 190 valence electrons. The molecule has 2 aromatic rings. The predicted octanol–water partition coefficient (Wildman–Crippen LogP) is 6.45. The third-order valence-electron chi connectivity index (χ3n) is 7.22. The molecular formula is C27H32Cl2FNO4. The summed E-state index contributed by atoms with van der Waals surface area (Å²) in [5.74, 6) is -0.0746. The predicted molar refractivity (Wildman–Crippen MR) is 135 cm³/mol. The Morgan fingerprint density at radius 1 is 1.06 bits per heavy atom. The molecule has 0 aromatic heterocycles. The van der Waals surface area contributed by atoms with E-state index in [1.807, 2.05) is 12.1 Å². The van der Waals surface area contributed by atoms with Crippen LogP contribution in [0.3, 0.4) is 0 Å². The highest BCUT2D eigenvalue weighted by molar-refractivity contribution is 6.34. The van der Waals surface area contributed by atoms with E-state index in [0.29, 0.717) is 40.8 Å². The van der Waals surface area contributed by atoms with Crippen LogP contribution in [-0.4, -0.2) is 51.4 Å². The number of esters is 1. The zero-order valence-corrected chi connectivity index (χ0v) is 21.9. The van der Waals surface area contributed by atoms with Gasteiger partial charge < -0.3 is 14.2 Å². The zero-order valence-electron chi connectivity index (χ0n) is 20.4. The van der Waals surface area contributed by atoms with Crippen LogP contribution < -0.4 is 4.74 Å². The van der Waals surface area contributed by atoms with Crippen molar-refractivity contribution in [3.05, 3.63) is 62.9 Å². The quantitative estimate of drug-likeness (QED) is 0.353. The van der Waals surface area contributed by atoms with Crippen LogP contribution in [0.4, 0.5) is 4.39 Å². The van der Waals surface area contributed by atoms with E-state index in [1.54, 1.807) is 19.2 Å². The molecule has 4 rings (SSSR count). The molecule has 1 atom stereocenters. The van der Waals surface area contributed by atoms with Crippen molar-refractivity contribution in [1.82, 2.24) is 4.90 Å². The van der Waals surface area contributed by atoms with Crippen LogP contribution in [0.15, 0.2) is 30.3 Å². The molecule has 1 aliphatic carbocycles. The van der Waals surface area contributed by atoms with Gasteiger partial charge in [0, 0.05) is 23.2 Å². The number of halogens is 3. The van der Waals surface area contributed by atoms with Gasteiger partial charge in [0.15, 0.2) is 0 Å². The number of nitrogens with zero attached hydrogens (tertiary/aromatic N) is 1. The number of hydrogen-bond acceptors (Lipinski definition) is 5. The minimum absolute atomic E-state index is 0.0337. The van der Waals surface area contributed by atoms with Crippen LogP contribution in [0.25, 0.3) is 0 Å². The minimum Gasteiger partial charge on any atom is -0.493 e. The molecule has 2 aromatic carbocycles. The van der Waals surface area contributed by atoms with Crippen molar-refractivity contribution in [3.8, 4) is 5.75 Å². The van der Waals surface area contributed by atoms with Crippen LogP contribution in [0.2, 0.25) is 10.0 Å². The van der Waals surface area contributed by atoms with Crippen molar-refractivity contribution in [1.29, 1.82) is 0 Å². The SMILES string of the molecule is COC[C@@](C)(c1cc(Cl)cc(Cl)c1)N1CCC(COc2cc(F)c(C(=O)OC)cc2C2CC2)CC1. The van der Waals surface area contributed by atoms with Crippen LogP contribution in [0.5, 0.6) is 5.75 Å².